The standard InChI is InChI=1S/C26H28O7/c1-17-14-26(30-2,8-11-32-17)7-3-9-33-20-4-5-21-19(12-20)13-22(25(28)29)23(15-27)24(21)18-6-10-31-16-18/h3-7,10,12-13,16-17,27H,8-9,11,14-15H2,1-2H3,(H,28,29). The first-order chi connectivity index (χ1) is 16.0. The molecule has 0 spiro atoms. The molecule has 1 aliphatic rings. The lowest BCUT2D eigenvalue weighted by Crippen LogP contribution is -2.39. The fraction of sp³-hybridized carbons (Fsp3) is 0.346. The minimum Gasteiger partial charge on any atom is -0.490 e. The molecule has 2 atom stereocenters. The number of fused-ring (bicyclic) bond motifs is 1. The Labute approximate surface area is 192 Å². The number of aliphatic hydroxyl groups is 1. The Morgan fingerprint density at radius 2 is 2.15 bits per heavy atom. The fourth-order valence-electron chi connectivity index (χ4n) is 4.50. The topological polar surface area (TPSA) is 98.4 Å². The van der Waals surface area contributed by atoms with E-state index in [1.807, 2.05) is 37.3 Å². The second-order valence-corrected chi connectivity index (χ2v) is 8.25. The van der Waals surface area contributed by atoms with Crippen molar-refractivity contribution in [2.24, 2.45) is 0 Å². The first-order valence-corrected chi connectivity index (χ1v) is 10.9. The minimum absolute atomic E-state index is 0.0499. The van der Waals surface area contributed by atoms with Crippen LogP contribution in [0.15, 0.2) is 59.4 Å². The normalized spacial score (nSPS) is 21.0. The number of carboxylic acids is 1. The van der Waals surface area contributed by atoms with Gasteiger partial charge < -0.3 is 28.8 Å². The van der Waals surface area contributed by atoms with Crippen molar-refractivity contribution in [1.82, 2.24) is 0 Å². The number of methoxy groups -OCH3 is 1. The number of aromatic carboxylic acids is 1. The van der Waals surface area contributed by atoms with Crippen LogP contribution in [0.5, 0.6) is 5.75 Å². The van der Waals surface area contributed by atoms with Gasteiger partial charge in [-0.2, -0.15) is 0 Å². The van der Waals surface area contributed by atoms with Crippen LogP contribution in [-0.4, -0.2) is 48.2 Å². The van der Waals surface area contributed by atoms with Crippen LogP contribution in [0.1, 0.15) is 35.7 Å². The quantitative estimate of drug-likeness (QED) is 0.473. The van der Waals surface area contributed by atoms with Gasteiger partial charge in [0.25, 0.3) is 0 Å². The molecule has 2 N–H and O–H groups in total. The summed E-state index contributed by atoms with van der Waals surface area (Å²) in [7, 11) is 1.71. The summed E-state index contributed by atoms with van der Waals surface area (Å²) in [4.78, 5) is 11.9. The summed E-state index contributed by atoms with van der Waals surface area (Å²) in [5.41, 5.74) is 1.40. The summed E-state index contributed by atoms with van der Waals surface area (Å²) in [6.45, 7) is 2.65. The summed E-state index contributed by atoms with van der Waals surface area (Å²) >= 11 is 0. The first-order valence-electron chi connectivity index (χ1n) is 10.9. The van der Waals surface area contributed by atoms with Gasteiger partial charge in [0.1, 0.15) is 12.4 Å². The second kappa shape index (κ2) is 9.79. The predicted octanol–water partition coefficient (Wildman–Crippen LogP) is 4.81. The van der Waals surface area contributed by atoms with Gasteiger partial charge in [0.2, 0.25) is 0 Å². The minimum atomic E-state index is -1.10. The maximum Gasteiger partial charge on any atom is 0.336 e. The molecule has 1 aliphatic heterocycles. The van der Waals surface area contributed by atoms with Crippen molar-refractivity contribution >= 4 is 16.7 Å². The zero-order valence-corrected chi connectivity index (χ0v) is 18.7. The third-order valence-corrected chi connectivity index (χ3v) is 6.15. The molecule has 33 heavy (non-hydrogen) atoms. The Balaban J connectivity index is 1.61. The molecule has 1 saturated heterocycles. The van der Waals surface area contributed by atoms with Crippen LogP contribution in [0.25, 0.3) is 21.9 Å². The highest BCUT2D eigenvalue weighted by Crippen LogP contribution is 2.37. The molecule has 3 aromatic rings. The van der Waals surface area contributed by atoms with Gasteiger partial charge in [-0.25, -0.2) is 4.79 Å². The number of hydrogen-bond donors (Lipinski definition) is 2. The van der Waals surface area contributed by atoms with Crippen molar-refractivity contribution < 1.29 is 33.6 Å². The van der Waals surface area contributed by atoms with E-state index in [0.717, 1.165) is 18.2 Å². The summed E-state index contributed by atoms with van der Waals surface area (Å²) in [6.07, 6.45) is 8.77. The molecule has 1 aromatic heterocycles. The molecule has 7 nitrogen and oxygen atoms in total. The van der Waals surface area contributed by atoms with E-state index in [4.69, 9.17) is 18.6 Å². The molecule has 2 aromatic carbocycles. The van der Waals surface area contributed by atoms with Gasteiger partial charge in [0, 0.05) is 37.7 Å². The van der Waals surface area contributed by atoms with E-state index in [1.54, 1.807) is 19.2 Å². The Morgan fingerprint density at radius 1 is 1.30 bits per heavy atom. The fourth-order valence-corrected chi connectivity index (χ4v) is 4.50. The smallest absolute Gasteiger partial charge is 0.336 e. The Bertz CT molecular complexity index is 1150. The van der Waals surface area contributed by atoms with Crippen molar-refractivity contribution in [2.75, 3.05) is 20.3 Å². The maximum atomic E-state index is 11.9. The summed E-state index contributed by atoms with van der Waals surface area (Å²) in [6, 6.07) is 8.83. The van der Waals surface area contributed by atoms with E-state index >= 15 is 0 Å². The average Bonchev–Trinajstić information content (AvgIpc) is 3.35. The number of ether oxygens (including phenoxy) is 3. The highest BCUT2D eigenvalue weighted by Gasteiger charge is 2.33. The second-order valence-electron chi connectivity index (χ2n) is 8.25. The zero-order chi connectivity index (χ0) is 23.4. The molecule has 0 amide bonds. The Morgan fingerprint density at radius 3 is 2.82 bits per heavy atom. The Kier molecular flexibility index (Phi) is 6.83. The van der Waals surface area contributed by atoms with Gasteiger partial charge >= 0.3 is 5.97 Å². The molecule has 4 rings (SSSR count). The van der Waals surface area contributed by atoms with Gasteiger partial charge in [0.15, 0.2) is 0 Å². The van der Waals surface area contributed by atoms with Gasteiger partial charge in [-0.1, -0.05) is 12.1 Å². The highest BCUT2D eigenvalue weighted by atomic mass is 16.5. The van der Waals surface area contributed by atoms with Crippen molar-refractivity contribution in [1.29, 1.82) is 0 Å². The number of hydrogen-bond acceptors (Lipinski definition) is 6. The van der Waals surface area contributed by atoms with Crippen LogP contribution < -0.4 is 4.74 Å². The molecule has 0 aliphatic carbocycles. The van der Waals surface area contributed by atoms with Crippen LogP contribution in [0.2, 0.25) is 0 Å². The number of aliphatic hydroxyl groups excluding tert-OH is 1. The monoisotopic (exact) mass is 452 g/mol. The molecular weight excluding hydrogens is 424 g/mol. The molecule has 0 radical (unpaired) electrons. The van der Waals surface area contributed by atoms with E-state index in [-0.39, 0.29) is 17.3 Å². The number of rotatable bonds is 8. The van der Waals surface area contributed by atoms with Crippen molar-refractivity contribution in [2.45, 2.75) is 38.1 Å². The van der Waals surface area contributed by atoms with Crippen molar-refractivity contribution in [3.05, 3.63) is 66.1 Å². The van der Waals surface area contributed by atoms with Gasteiger partial charge in [0.05, 0.1) is 36.4 Å². The average molecular weight is 453 g/mol. The molecule has 0 bridgehead atoms. The largest absolute Gasteiger partial charge is 0.490 e. The SMILES string of the molecule is COC1(C=CCOc2ccc3c(-c4ccoc4)c(CO)c(C(=O)O)cc3c2)CCOC(C)C1. The zero-order valence-electron chi connectivity index (χ0n) is 18.7. The van der Waals surface area contributed by atoms with Gasteiger partial charge in [-0.15, -0.1) is 0 Å². The number of furan rings is 1. The number of carbonyl (C=O) groups is 1. The summed E-state index contributed by atoms with van der Waals surface area (Å²) in [5.74, 6) is -0.485. The summed E-state index contributed by atoms with van der Waals surface area (Å²) < 4.78 is 22.5. The maximum absolute atomic E-state index is 11.9. The van der Waals surface area contributed by atoms with Crippen molar-refractivity contribution in [3.8, 4) is 16.9 Å². The molecule has 7 heteroatoms. The molecular formula is C26H28O7. The van der Waals surface area contributed by atoms with E-state index in [0.29, 0.717) is 41.0 Å². The van der Waals surface area contributed by atoms with Crippen LogP contribution in [0, 0.1) is 0 Å². The van der Waals surface area contributed by atoms with Gasteiger partial charge in [-0.3, -0.25) is 0 Å². The van der Waals surface area contributed by atoms with Crippen LogP contribution in [-0.2, 0) is 16.1 Å². The van der Waals surface area contributed by atoms with E-state index < -0.39 is 12.6 Å². The lowest BCUT2D eigenvalue weighted by molar-refractivity contribution is -0.0909. The van der Waals surface area contributed by atoms with E-state index in [2.05, 4.69) is 0 Å². The highest BCUT2D eigenvalue weighted by molar-refractivity contribution is 6.05. The Hall–Kier alpha value is -3.13. The van der Waals surface area contributed by atoms with Crippen LogP contribution in [0.3, 0.4) is 0 Å². The number of benzene rings is 2. The van der Waals surface area contributed by atoms with Crippen LogP contribution >= 0.6 is 0 Å². The molecule has 2 heterocycles. The van der Waals surface area contributed by atoms with Gasteiger partial charge in [-0.05, 0) is 53.6 Å². The van der Waals surface area contributed by atoms with Crippen molar-refractivity contribution in [3.63, 3.8) is 0 Å². The molecule has 0 saturated carbocycles. The molecule has 2 unspecified atom stereocenters. The third-order valence-electron chi connectivity index (χ3n) is 6.15. The van der Waals surface area contributed by atoms with E-state index in [9.17, 15) is 15.0 Å². The lowest BCUT2D eigenvalue weighted by atomic mass is 9.90. The predicted molar refractivity (Wildman–Crippen MR) is 124 cm³/mol. The number of carboxylic acid groups (broad SMARTS) is 1. The van der Waals surface area contributed by atoms with E-state index in [1.165, 1.54) is 12.5 Å². The molecule has 1 fully saturated rings. The van der Waals surface area contributed by atoms with Crippen LogP contribution in [0.4, 0.5) is 0 Å². The summed E-state index contributed by atoms with van der Waals surface area (Å²) in [5, 5.41) is 21.2. The molecule has 174 valence electrons. The third kappa shape index (κ3) is 4.80. The lowest BCUT2D eigenvalue weighted by Gasteiger charge is -2.36. The first kappa shape index (κ1) is 23.0.